The summed E-state index contributed by atoms with van der Waals surface area (Å²) in [4.78, 5) is 38.3. The van der Waals surface area contributed by atoms with Gasteiger partial charge in [0.1, 0.15) is 6.04 Å². The number of aromatic amines is 1. The number of aryl methyl sites for hydroxylation is 1. The summed E-state index contributed by atoms with van der Waals surface area (Å²) >= 11 is 0. The maximum atomic E-state index is 12.1. The maximum Gasteiger partial charge on any atom is 0.251 e. The predicted molar refractivity (Wildman–Crippen MR) is 88.5 cm³/mol. The second kappa shape index (κ2) is 5.87. The summed E-state index contributed by atoms with van der Waals surface area (Å²) in [7, 11) is 0. The fraction of sp³-hybridized carbons (Fsp3) is 0.353. The molecule has 0 saturated carbocycles. The molecule has 2 amide bonds. The van der Waals surface area contributed by atoms with Crippen LogP contribution in [0.3, 0.4) is 0 Å². The molecule has 1 aromatic heterocycles. The molecule has 1 aliphatic rings. The average Bonchev–Trinajstić information content (AvgIpc) is 2.94. The zero-order valence-corrected chi connectivity index (χ0v) is 13.2. The maximum absolute atomic E-state index is 12.1. The van der Waals surface area contributed by atoms with Gasteiger partial charge in [-0.25, -0.2) is 0 Å². The Balaban J connectivity index is 1.90. The lowest BCUT2D eigenvalue weighted by Crippen LogP contribution is -2.37. The Morgan fingerprint density at radius 1 is 1.35 bits per heavy atom. The molecule has 0 aliphatic carbocycles. The van der Waals surface area contributed by atoms with Crippen LogP contribution in [0.5, 0.6) is 0 Å². The first-order valence-corrected chi connectivity index (χ1v) is 7.75. The van der Waals surface area contributed by atoms with Gasteiger partial charge in [-0.1, -0.05) is 13.0 Å². The van der Waals surface area contributed by atoms with Gasteiger partial charge in [0.2, 0.25) is 11.8 Å². The Hall–Kier alpha value is -2.63. The zero-order chi connectivity index (χ0) is 16.6. The third kappa shape index (κ3) is 2.84. The number of rotatable bonds is 3. The van der Waals surface area contributed by atoms with E-state index in [9.17, 15) is 14.4 Å². The molecule has 0 spiro atoms. The number of anilines is 1. The van der Waals surface area contributed by atoms with E-state index < -0.39 is 6.04 Å². The van der Waals surface area contributed by atoms with E-state index in [2.05, 4.69) is 15.6 Å². The van der Waals surface area contributed by atoms with E-state index in [1.165, 1.54) is 0 Å². The van der Waals surface area contributed by atoms with Crippen LogP contribution in [0.4, 0.5) is 5.69 Å². The summed E-state index contributed by atoms with van der Waals surface area (Å²) in [6.07, 6.45) is 1.56. The summed E-state index contributed by atoms with van der Waals surface area (Å²) in [6.45, 7) is 3.89. The molecule has 3 rings (SSSR count). The number of H-pyrrole nitrogens is 1. The minimum Gasteiger partial charge on any atom is -0.344 e. The molecule has 6 nitrogen and oxygen atoms in total. The molecule has 1 fully saturated rings. The standard InChI is InChI=1S/C17H19N3O3/c1-3-11-9(2)12-5-4-10(8-14(12)20-16(11)22)18-17(23)13-6-7-15(21)19-13/h4-5,8,13H,3,6-7H2,1-2H3,(H,18,23)(H,19,21)(H,20,22). The monoisotopic (exact) mass is 313 g/mol. The fourth-order valence-electron chi connectivity index (χ4n) is 3.05. The molecule has 2 heterocycles. The van der Waals surface area contributed by atoms with Gasteiger partial charge in [0.05, 0.1) is 5.52 Å². The van der Waals surface area contributed by atoms with Crippen molar-refractivity contribution < 1.29 is 9.59 Å². The van der Waals surface area contributed by atoms with Gasteiger partial charge in [0.25, 0.3) is 5.56 Å². The quantitative estimate of drug-likeness (QED) is 0.804. The summed E-state index contributed by atoms with van der Waals surface area (Å²) in [6, 6.07) is 4.96. The van der Waals surface area contributed by atoms with Crippen LogP contribution in [0.25, 0.3) is 10.9 Å². The molecule has 6 heteroatoms. The van der Waals surface area contributed by atoms with Crippen LogP contribution in [-0.4, -0.2) is 22.8 Å². The van der Waals surface area contributed by atoms with E-state index in [4.69, 9.17) is 0 Å². The van der Waals surface area contributed by atoms with Crippen LogP contribution in [0, 0.1) is 6.92 Å². The van der Waals surface area contributed by atoms with Crippen molar-refractivity contribution in [3.8, 4) is 0 Å². The molecule has 1 aliphatic heterocycles. The topological polar surface area (TPSA) is 91.1 Å². The second-order valence-corrected chi connectivity index (χ2v) is 5.82. The van der Waals surface area contributed by atoms with Crippen LogP contribution in [0.2, 0.25) is 0 Å². The minimum absolute atomic E-state index is 0.0935. The normalized spacial score (nSPS) is 17.3. The van der Waals surface area contributed by atoms with Crippen molar-refractivity contribution in [2.24, 2.45) is 0 Å². The van der Waals surface area contributed by atoms with Gasteiger partial charge in [-0.3, -0.25) is 14.4 Å². The summed E-state index contributed by atoms with van der Waals surface area (Å²) in [5.74, 6) is -0.338. The number of nitrogens with one attached hydrogen (secondary N) is 3. The summed E-state index contributed by atoms with van der Waals surface area (Å²) < 4.78 is 0. The second-order valence-electron chi connectivity index (χ2n) is 5.82. The first kappa shape index (κ1) is 15.3. The van der Waals surface area contributed by atoms with Gasteiger partial charge < -0.3 is 15.6 Å². The molecular formula is C17H19N3O3. The third-order valence-electron chi connectivity index (χ3n) is 4.33. The molecule has 2 aromatic rings. The Morgan fingerprint density at radius 2 is 2.13 bits per heavy atom. The van der Waals surface area contributed by atoms with Crippen LogP contribution in [0.15, 0.2) is 23.0 Å². The van der Waals surface area contributed by atoms with Crippen LogP contribution in [0.1, 0.15) is 30.9 Å². The summed E-state index contributed by atoms with van der Waals surface area (Å²) in [5, 5.41) is 6.39. The van der Waals surface area contributed by atoms with E-state index in [0.717, 1.165) is 16.5 Å². The Morgan fingerprint density at radius 3 is 2.78 bits per heavy atom. The number of pyridine rings is 1. The van der Waals surface area contributed by atoms with Crippen molar-refractivity contribution in [1.29, 1.82) is 0 Å². The molecular weight excluding hydrogens is 294 g/mol. The molecule has 1 atom stereocenters. The van der Waals surface area contributed by atoms with E-state index in [-0.39, 0.29) is 17.4 Å². The molecule has 1 unspecified atom stereocenters. The highest BCUT2D eigenvalue weighted by molar-refractivity contribution is 6.00. The van der Waals surface area contributed by atoms with Crippen molar-refractivity contribution in [1.82, 2.24) is 10.3 Å². The lowest BCUT2D eigenvalue weighted by molar-refractivity contribution is -0.122. The first-order chi connectivity index (χ1) is 11.0. The number of carbonyl (C=O) groups excluding carboxylic acids is 2. The van der Waals surface area contributed by atoms with E-state index in [1.807, 2.05) is 26.0 Å². The van der Waals surface area contributed by atoms with E-state index in [0.29, 0.717) is 30.5 Å². The molecule has 1 saturated heterocycles. The SMILES string of the molecule is CCc1c(C)c2ccc(NC(=O)C3CCC(=O)N3)cc2[nH]c1=O. The lowest BCUT2D eigenvalue weighted by Gasteiger charge is -2.12. The Labute approximate surface area is 133 Å². The average molecular weight is 313 g/mol. The van der Waals surface area contributed by atoms with Gasteiger partial charge in [-0.05, 0) is 37.5 Å². The van der Waals surface area contributed by atoms with Crippen LogP contribution in [-0.2, 0) is 16.0 Å². The molecule has 0 radical (unpaired) electrons. The van der Waals surface area contributed by atoms with Crippen LogP contribution < -0.4 is 16.2 Å². The molecule has 1 aromatic carbocycles. The minimum atomic E-state index is -0.485. The highest BCUT2D eigenvalue weighted by Gasteiger charge is 2.27. The molecule has 0 bridgehead atoms. The highest BCUT2D eigenvalue weighted by atomic mass is 16.2. The number of carbonyl (C=O) groups is 2. The number of benzene rings is 1. The van der Waals surface area contributed by atoms with Crippen molar-refractivity contribution in [2.45, 2.75) is 39.2 Å². The fourth-order valence-corrected chi connectivity index (χ4v) is 3.05. The number of fused-ring (bicyclic) bond motifs is 1. The number of hydrogen-bond donors (Lipinski definition) is 3. The van der Waals surface area contributed by atoms with Gasteiger partial charge in [0.15, 0.2) is 0 Å². The Kier molecular flexibility index (Phi) is 3.90. The molecule has 23 heavy (non-hydrogen) atoms. The smallest absolute Gasteiger partial charge is 0.251 e. The van der Waals surface area contributed by atoms with E-state index >= 15 is 0 Å². The highest BCUT2D eigenvalue weighted by Crippen LogP contribution is 2.22. The van der Waals surface area contributed by atoms with Gasteiger partial charge in [-0.2, -0.15) is 0 Å². The van der Waals surface area contributed by atoms with Crippen molar-refractivity contribution in [3.63, 3.8) is 0 Å². The van der Waals surface area contributed by atoms with E-state index in [1.54, 1.807) is 6.07 Å². The van der Waals surface area contributed by atoms with Gasteiger partial charge in [-0.15, -0.1) is 0 Å². The lowest BCUT2D eigenvalue weighted by atomic mass is 10.0. The molecule has 120 valence electrons. The van der Waals surface area contributed by atoms with Gasteiger partial charge >= 0.3 is 0 Å². The Bertz CT molecular complexity index is 854. The first-order valence-electron chi connectivity index (χ1n) is 7.75. The number of amides is 2. The molecule has 3 N–H and O–H groups in total. The van der Waals surface area contributed by atoms with Crippen molar-refractivity contribution in [2.75, 3.05) is 5.32 Å². The zero-order valence-electron chi connectivity index (χ0n) is 13.2. The number of aromatic nitrogens is 1. The predicted octanol–water partition coefficient (Wildman–Crippen LogP) is 1.62. The van der Waals surface area contributed by atoms with Crippen LogP contribution >= 0.6 is 0 Å². The van der Waals surface area contributed by atoms with Gasteiger partial charge in [0, 0.05) is 23.1 Å². The third-order valence-corrected chi connectivity index (χ3v) is 4.33. The number of hydrogen-bond acceptors (Lipinski definition) is 3. The van der Waals surface area contributed by atoms with Crippen molar-refractivity contribution >= 4 is 28.4 Å². The summed E-state index contributed by atoms with van der Waals surface area (Å²) in [5.41, 5.74) is 2.94. The van der Waals surface area contributed by atoms with Crippen molar-refractivity contribution in [3.05, 3.63) is 39.7 Å². The largest absolute Gasteiger partial charge is 0.344 e.